The summed E-state index contributed by atoms with van der Waals surface area (Å²) in [7, 11) is 0. The average molecular weight is 370 g/mol. The van der Waals surface area contributed by atoms with E-state index in [1.54, 1.807) is 28.8 Å². The fraction of sp³-hybridized carbons (Fsp3) is 0.529. The SMILES string of the molecule is CC12CCC(=O)N1C(C(=O)NCCc1ccc(OC(F)F)cc1)CS2. The van der Waals surface area contributed by atoms with Gasteiger partial charge >= 0.3 is 6.61 Å². The maximum atomic E-state index is 12.4. The zero-order valence-corrected chi connectivity index (χ0v) is 14.7. The molecule has 3 rings (SSSR count). The first-order chi connectivity index (χ1) is 11.9. The molecule has 25 heavy (non-hydrogen) atoms. The fourth-order valence-electron chi connectivity index (χ4n) is 3.30. The van der Waals surface area contributed by atoms with Gasteiger partial charge in [-0.25, -0.2) is 0 Å². The molecule has 0 aliphatic carbocycles. The zero-order chi connectivity index (χ0) is 18.0. The van der Waals surface area contributed by atoms with E-state index in [9.17, 15) is 18.4 Å². The summed E-state index contributed by atoms with van der Waals surface area (Å²) in [6.07, 6.45) is 1.86. The van der Waals surface area contributed by atoms with Crippen LogP contribution in [-0.4, -0.2) is 46.5 Å². The van der Waals surface area contributed by atoms with Crippen molar-refractivity contribution in [1.29, 1.82) is 0 Å². The van der Waals surface area contributed by atoms with Gasteiger partial charge in [0.2, 0.25) is 11.8 Å². The number of nitrogens with one attached hydrogen (secondary N) is 1. The first-order valence-electron chi connectivity index (χ1n) is 8.17. The Morgan fingerprint density at radius 2 is 2.16 bits per heavy atom. The van der Waals surface area contributed by atoms with Gasteiger partial charge in [-0.3, -0.25) is 9.59 Å². The summed E-state index contributed by atoms with van der Waals surface area (Å²) in [5.41, 5.74) is 0.907. The predicted octanol–water partition coefficient (Wildman–Crippen LogP) is 2.40. The van der Waals surface area contributed by atoms with Gasteiger partial charge in [0, 0.05) is 18.7 Å². The molecule has 2 heterocycles. The minimum Gasteiger partial charge on any atom is -0.435 e. The van der Waals surface area contributed by atoms with E-state index in [2.05, 4.69) is 10.1 Å². The van der Waals surface area contributed by atoms with Crippen molar-refractivity contribution in [2.75, 3.05) is 12.3 Å². The molecule has 8 heteroatoms. The molecule has 5 nitrogen and oxygen atoms in total. The minimum absolute atomic E-state index is 0.0438. The normalized spacial score (nSPS) is 25.4. The largest absolute Gasteiger partial charge is 0.435 e. The number of hydrogen-bond donors (Lipinski definition) is 1. The molecule has 0 spiro atoms. The van der Waals surface area contributed by atoms with Crippen LogP contribution in [0.3, 0.4) is 0 Å². The van der Waals surface area contributed by atoms with E-state index in [-0.39, 0.29) is 22.4 Å². The number of fused-ring (bicyclic) bond motifs is 1. The Bertz CT molecular complexity index is 656. The highest BCUT2D eigenvalue weighted by Crippen LogP contribution is 2.47. The number of carbonyl (C=O) groups excluding carboxylic acids is 2. The van der Waals surface area contributed by atoms with E-state index in [1.807, 2.05) is 6.92 Å². The van der Waals surface area contributed by atoms with Gasteiger partial charge in [-0.2, -0.15) is 8.78 Å². The van der Waals surface area contributed by atoms with Crippen molar-refractivity contribution < 1.29 is 23.1 Å². The summed E-state index contributed by atoms with van der Waals surface area (Å²) in [4.78, 5) is 25.9. The zero-order valence-electron chi connectivity index (χ0n) is 13.8. The van der Waals surface area contributed by atoms with E-state index in [0.29, 0.717) is 25.1 Å². The van der Waals surface area contributed by atoms with Crippen molar-refractivity contribution in [2.45, 2.75) is 43.7 Å². The Labute approximate surface area is 149 Å². The van der Waals surface area contributed by atoms with Gasteiger partial charge in [0.05, 0.1) is 4.87 Å². The van der Waals surface area contributed by atoms with Crippen LogP contribution in [0.25, 0.3) is 0 Å². The average Bonchev–Trinajstić information content (AvgIpc) is 3.05. The molecule has 2 saturated heterocycles. The Balaban J connectivity index is 1.49. The lowest BCUT2D eigenvalue weighted by molar-refractivity contribution is -0.137. The van der Waals surface area contributed by atoms with Crippen molar-refractivity contribution in [3.63, 3.8) is 0 Å². The van der Waals surface area contributed by atoms with Crippen LogP contribution >= 0.6 is 11.8 Å². The van der Waals surface area contributed by atoms with Crippen LogP contribution in [0, 0.1) is 0 Å². The Morgan fingerprint density at radius 3 is 2.84 bits per heavy atom. The van der Waals surface area contributed by atoms with Crippen molar-refractivity contribution in [2.24, 2.45) is 0 Å². The first-order valence-corrected chi connectivity index (χ1v) is 9.15. The summed E-state index contributed by atoms with van der Waals surface area (Å²) < 4.78 is 28.5. The van der Waals surface area contributed by atoms with Crippen LogP contribution in [0.4, 0.5) is 8.78 Å². The number of carbonyl (C=O) groups is 2. The van der Waals surface area contributed by atoms with Crippen LogP contribution in [0.15, 0.2) is 24.3 Å². The number of amides is 2. The topological polar surface area (TPSA) is 58.6 Å². The summed E-state index contributed by atoms with van der Waals surface area (Å²) in [6, 6.07) is 5.93. The number of benzene rings is 1. The highest BCUT2D eigenvalue weighted by atomic mass is 32.2. The highest BCUT2D eigenvalue weighted by molar-refractivity contribution is 8.01. The van der Waals surface area contributed by atoms with Gasteiger partial charge in [0.25, 0.3) is 0 Å². The first kappa shape index (κ1) is 18.0. The number of hydrogen-bond acceptors (Lipinski definition) is 4. The standard InChI is InChI=1S/C17H20F2N2O3S/c1-17-8-6-14(22)21(17)13(10-25-17)15(23)20-9-7-11-2-4-12(5-3-11)24-16(18)19/h2-5,13,16H,6-10H2,1H3,(H,20,23). The number of thioether (sulfide) groups is 1. The number of alkyl halides is 2. The lowest BCUT2D eigenvalue weighted by atomic mass is 10.1. The van der Waals surface area contributed by atoms with Crippen molar-refractivity contribution in [1.82, 2.24) is 10.2 Å². The van der Waals surface area contributed by atoms with E-state index in [1.165, 1.54) is 12.1 Å². The third-order valence-electron chi connectivity index (χ3n) is 4.61. The maximum absolute atomic E-state index is 12.4. The van der Waals surface area contributed by atoms with E-state index >= 15 is 0 Å². The Morgan fingerprint density at radius 1 is 1.44 bits per heavy atom. The van der Waals surface area contributed by atoms with Gasteiger partial charge in [0.1, 0.15) is 11.8 Å². The molecule has 2 amide bonds. The second-order valence-electron chi connectivity index (χ2n) is 6.33. The predicted molar refractivity (Wildman–Crippen MR) is 90.5 cm³/mol. The Hall–Kier alpha value is -1.83. The second kappa shape index (κ2) is 7.19. The molecule has 2 atom stereocenters. The molecule has 0 saturated carbocycles. The van der Waals surface area contributed by atoms with Crippen molar-refractivity contribution in [3.05, 3.63) is 29.8 Å². The van der Waals surface area contributed by atoms with Gasteiger partial charge in [-0.1, -0.05) is 12.1 Å². The molecule has 0 radical (unpaired) electrons. The van der Waals surface area contributed by atoms with Crippen LogP contribution in [0.1, 0.15) is 25.3 Å². The van der Waals surface area contributed by atoms with E-state index in [4.69, 9.17) is 0 Å². The summed E-state index contributed by atoms with van der Waals surface area (Å²) >= 11 is 1.66. The van der Waals surface area contributed by atoms with E-state index < -0.39 is 12.7 Å². The molecule has 1 N–H and O–H groups in total. The smallest absolute Gasteiger partial charge is 0.387 e. The molecule has 0 aromatic heterocycles. The monoisotopic (exact) mass is 370 g/mol. The Kier molecular flexibility index (Phi) is 5.17. The summed E-state index contributed by atoms with van der Waals surface area (Å²) in [5, 5.41) is 2.87. The fourth-order valence-corrected chi connectivity index (χ4v) is 4.73. The van der Waals surface area contributed by atoms with Crippen LogP contribution in [0.5, 0.6) is 5.75 Å². The molecule has 1 aromatic rings. The molecule has 2 unspecified atom stereocenters. The van der Waals surface area contributed by atoms with Crippen molar-refractivity contribution in [3.8, 4) is 5.75 Å². The minimum atomic E-state index is -2.84. The third-order valence-corrected chi connectivity index (χ3v) is 6.11. The molecule has 1 aromatic carbocycles. The van der Waals surface area contributed by atoms with Crippen molar-refractivity contribution >= 4 is 23.6 Å². The lowest BCUT2D eigenvalue weighted by Gasteiger charge is -2.29. The number of halogens is 2. The summed E-state index contributed by atoms with van der Waals surface area (Å²) in [6.45, 7) is -0.402. The van der Waals surface area contributed by atoms with Gasteiger partial charge in [-0.05, 0) is 37.5 Å². The van der Waals surface area contributed by atoms with Gasteiger partial charge in [-0.15, -0.1) is 11.8 Å². The molecule has 136 valence electrons. The number of ether oxygens (including phenoxy) is 1. The molecule has 2 aliphatic heterocycles. The number of rotatable bonds is 6. The van der Waals surface area contributed by atoms with Crippen LogP contribution < -0.4 is 10.1 Å². The summed E-state index contributed by atoms with van der Waals surface area (Å²) in [5.74, 6) is 0.636. The lowest BCUT2D eigenvalue weighted by Crippen LogP contribution is -2.50. The molecule has 2 aliphatic rings. The number of nitrogens with zero attached hydrogens (tertiary/aromatic N) is 1. The quantitative estimate of drug-likeness (QED) is 0.835. The maximum Gasteiger partial charge on any atom is 0.387 e. The van der Waals surface area contributed by atoms with Gasteiger partial charge < -0.3 is 15.0 Å². The second-order valence-corrected chi connectivity index (χ2v) is 7.83. The molecular weight excluding hydrogens is 350 g/mol. The van der Waals surface area contributed by atoms with E-state index in [0.717, 1.165) is 12.0 Å². The molecule has 0 bridgehead atoms. The third kappa shape index (κ3) is 3.89. The van der Waals surface area contributed by atoms with Crippen LogP contribution in [-0.2, 0) is 16.0 Å². The molecule has 2 fully saturated rings. The highest BCUT2D eigenvalue weighted by Gasteiger charge is 2.52. The molecular formula is C17H20F2N2O3S. The van der Waals surface area contributed by atoms with Gasteiger partial charge in [0.15, 0.2) is 0 Å². The van der Waals surface area contributed by atoms with Crippen LogP contribution in [0.2, 0.25) is 0 Å².